The highest BCUT2D eigenvalue weighted by Crippen LogP contribution is 2.32. The molecule has 1 amide bonds. The molecule has 1 aromatic heterocycles. The molecule has 1 aliphatic heterocycles. The zero-order chi connectivity index (χ0) is 17.8. The number of nitrogens with one attached hydrogen (secondary N) is 2. The topological polar surface area (TPSA) is 72.5 Å². The molecule has 130 valence electrons. The molecule has 0 bridgehead atoms. The monoisotopic (exact) mass is 347 g/mol. The number of carbonyl (C=O) groups is 1. The zero-order valence-corrected chi connectivity index (χ0v) is 13.9. The highest BCUT2D eigenvalue weighted by Gasteiger charge is 2.13. The van der Waals surface area contributed by atoms with Crippen molar-refractivity contribution in [2.24, 2.45) is 0 Å². The normalized spacial score (nSPS) is 11.8. The molecule has 0 saturated carbocycles. The molecule has 0 spiro atoms. The lowest BCUT2D eigenvalue weighted by Gasteiger charge is -2.09. The highest BCUT2D eigenvalue weighted by molar-refractivity contribution is 6.04. The molecule has 3 aromatic rings. The lowest BCUT2D eigenvalue weighted by atomic mass is 10.2. The summed E-state index contributed by atoms with van der Waals surface area (Å²) in [5.74, 6) is 1.31. The fraction of sp³-hybridized carbons (Fsp3) is 0.100. The maximum atomic E-state index is 12.4. The van der Waals surface area contributed by atoms with Crippen molar-refractivity contribution < 1.29 is 14.3 Å². The van der Waals surface area contributed by atoms with Gasteiger partial charge in [0.05, 0.1) is 11.3 Å². The molecule has 0 aliphatic carbocycles. The summed E-state index contributed by atoms with van der Waals surface area (Å²) >= 11 is 0. The number of para-hydroxylation sites is 1. The van der Waals surface area contributed by atoms with Gasteiger partial charge in [-0.15, -0.1) is 0 Å². The van der Waals surface area contributed by atoms with Crippen LogP contribution in [0.4, 0.5) is 11.4 Å². The lowest BCUT2D eigenvalue weighted by Crippen LogP contribution is -2.12. The molecular weight excluding hydrogens is 330 g/mol. The average molecular weight is 347 g/mol. The summed E-state index contributed by atoms with van der Waals surface area (Å²) in [6.45, 7) is 0.844. The largest absolute Gasteiger partial charge is 0.454 e. The molecular formula is C20H17N3O3. The molecule has 0 fully saturated rings. The molecule has 26 heavy (non-hydrogen) atoms. The van der Waals surface area contributed by atoms with Gasteiger partial charge in [0.2, 0.25) is 6.79 Å². The third kappa shape index (κ3) is 3.59. The quantitative estimate of drug-likeness (QED) is 0.737. The van der Waals surface area contributed by atoms with Gasteiger partial charge in [-0.05, 0) is 35.9 Å². The van der Waals surface area contributed by atoms with Gasteiger partial charge in [-0.2, -0.15) is 0 Å². The molecule has 6 nitrogen and oxygen atoms in total. The zero-order valence-electron chi connectivity index (χ0n) is 13.9. The van der Waals surface area contributed by atoms with E-state index in [4.69, 9.17) is 9.47 Å². The van der Waals surface area contributed by atoms with Crippen molar-refractivity contribution in [2.45, 2.75) is 6.54 Å². The predicted octanol–water partition coefficient (Wildman–Crippen LogP) is 3.67. The van der Waals surface area contributed by atoms with Gasteiger partial charge in [-0.25, -0.2) is 0 Å². The smallest absolute Gasteiger partial charge is 0.257 e. The van der Waals surface area contributed by atoms with Crippen molar-refractivity contribution in [1.82, 2.24) is 4.98 Å². The van der Waals surface area contributed by atoms with Crippen LogP contribution in [0.5, 0.6) is 11.5 Å². The Morgan fingerprint density at radius 1 is 0.962 bits per heavy atom. The van der Waals surface area contributed by atoms with E-state index in [0.717, 1.165) is 28.4 Å². The number of pyridine rings is 1. The van der Waals surface area contributed by atoms with Crippen molar-refractivity contribution in [3.05, 3.63) is 78.1 Å². The van der Waals surface area contributed by atoms with Crippen molar-refractivity contribution >= 4 is 17.3 Å². The summed E-state index contributed by atoms with van der Waals surface area (Å²) in [6, 6.07) is 16.9. The van der Waals surface area contributed by atoms with Gasteiger partial charge in [-0.3, -0.25) is 9.78 Å². The van der Waals surface area contributed by atoms with E-state index in [1.165, 1.54) is 0 Å². The van der Waals surface area contributed by atoms with Crippen molar-refractivity contribution in [2.75, 3.05) is 17.4 Å². The third-order valence-electron chi connectivity index (χ3n) is 3.97. The number of aromatic nitrogens is 1. The fourth-order valence-corrected chi connectivity index (χ4v) is 2.64. The van der Waals surface area contributed by atoms with Crippen LogP contribution in [0.25, 0.3) is 0 Å². The second-order valence-corrected chi connectivity index (χ2v) is 5.82. The van der Waals surface area contributed by atoms with Crippen LogP contribution in [0.1, 0.15) is 15.9 Å². The summed E-state index contributed by atoms with van der Waals surface area (Å²) in [6.07, 6.45) is 3.23. The first-order chi connectivity index (χ1) is 12.8. The number of fused-ring (bicyclic) bond motifs is 1. The molecule has 4 rings (SSSR count). The van der Waals surface area contributed by atoms with Crippen molar-refractivity contribution in [3.8, 4) is 11.5 Å². The molecule has 0 radical (unpaired) electrons. The Kier molecular flexibility index (Phi) is 4.38. The Balaban J connectivity index is 1.42. The highest BCUT2D eigenvalue weighted by atomic mass is 16.7. The van der Waals surface area contributed by atoms with E-state index in [0.29, 0.717) is 12.1 Å². The number of carbonyl (C=O) groups excluding carboxylic acids is 1. The second kappa shape index (κ2) is 7.14. The average Bonchev–Trinajstić information content (AvgIpc) is 3.15. The van der Waals surface area contributed by atoms with Gasteiger partial charge in [0.25, 0.3) is 5.91 Å². The van der Waals surface area contributed by atoms with Crippen molar-refractivity contribution in [1.29, 1.82) is 0 Å². The fourth-order valence-electron chi connectivity index (χ4n) is 2.64. The van der Waals surface area contributed by atoms with Gasteiger partial charge < -0.3 is 20.1 Å². The third-order valence-corrected chi connectivity index (χ3v) is 3.97. The number of ether oxygens (including phenoxy) is 2. The summed E-state index contributed by atoms with van der Waals surface area (Å²) in [5, 5.41) is 6.12. The predicted molar refractivity (Wildman–Crippen MR) is 98.5 cm³/mol. The van der Waals surface area contributed by atoms with Crippen LogP contribution in [-0.2, 0) is 6.54 Å². The van der Waals surface area contributed by atoms with Crippen LogP contribution in [-0.4, -0.2) is 17.7 Å². The molecule has 2 N–H and O–H groups in total. The second-order valence-electron chi connectivity index (χ2n) is 5.82. The minimum absolute atomic E-state index is 0.199. The van der Waals surface area contributed by atoms with Gasteiger partial charge in [-0.1, -0.05) is 24.3 Å². The standard InChI is InChI=1S/C20H17N3O3/c24-20(23-16-4-2-1-3-5-16)15-9-17(12-21-11-15)22-10-14-6-7-18-19(8-14)26-13-25-18/h1-9,11-12,22H,10,13H2,(H,23,24). The SMILES string of the molecule is O=C(Nc1ccccc1)c1cncc(NCc2ccc3c(c2)OCO3)c1. The van der Waals surface area contributed by atoms with Crippen LogP contribution >= 0.6 is 0 Å². The first kappa shape index (κ1) is 16.0. The Bertz CT molecular complexity index is 929. The van der Waals surface area contributed by atoms with Gasteiger partial charge in [0, 0.05) is 24.6 Å². The minimum atomic E-state index is -0.199. The Morgan fingerprint density at radius 2 is 1.81 bits per heavy atom. The summed E-state index contributed by atoms with van der Waals surface area (Å²) in [7, 11) is 0. The Hall–Kier alpha value is -3.54. The minimum Gasteiger partial charge on any atom is -0.454 e. The van der Waals surface area contributed by atoms with Crippen LogP contribution in [0.3, 0.4) is 0 Å². The number of amides is 1. The number of rotatable bonds is 5. The number of hydrogen-bond acceptors (Lipinski definition) is 5. The van der Waals surface area contributed by atoms with E-state index in [9.17, 15) is 4.79 Å². The molecule has 0 atom stereocenters. The first-order valence-corrected chi connectivity index (χ1v) is 8.22. The van der Waals surface area contributed by atoms with Gasteiger partial charge in [0.15, 0.2) is 11.5 Å². The van der Waals surface area contributed by atoms with Crippen molar-refractivity contribution in [3.63, 3.8) is 0 Å². The molecule has 6 heteroatoms. The van der Waals surface area contributed by atoms with Crippen LogP contribution in [0, 0.1) is 0 Å². The maximum absolute atomic E-state index is 12.4. The number of nitrogens with zero attached hydrogens (tertiary/aromatic N) is 1. The molecule has 2 aromatic carbocycles. The summed E-state index contributed by atoms with van der Waals surface area (Å²) in [5.41, 5.74) is 3.05. The summed E-state index contributed by atoms with van der Waals surface area (Å²) in [4.78, 5) is 16.5. The van der Waals surface area contributed by atoms with E-state index in [1.54, 1.807) is 18.5 Å². The van der Waals surface area contributed by atoms with E-state index in [-0.39, 0.29) is 12.7 Å². The number of anilines is 2. The van der Waals surface area contributed by atoms with Crippen LogP contribution in [0.2, 0.25) is 0 Å². The Morgan fingerprint density at radius 3 is 2.69 bits per heavy atom. The summed E-state index contributed by atoms with van der Waals surface area (Å²) < 4.78 is 10.7. The molecule has 2 heterocycles. The molecule has 0 saturated heterocycles. The van der Waals surface area contributed by atoms with E-state index >= 15 is 0 Å². The van der Waals surface area contributed by atoms with E-state index < -0.39 is 0 Å². The van der Waals surface area contributed by atoms with Crippen LogP contribution in [0.15, 0.2) is 67.0 Å². The molecule has 0 unspecified atom stereocenters. The number of benzene rings is 2. The Labute approximate surface area is 150 Å². The molecule has 1 aliphatic rings. The first-order valence-electron chi connectivity index (χ1n) is 8.22. The maximum Gasteiger partial charge on any atom is 0.257 e. The van der Waals surface area contributed by atoms with Crippen LogP contribution < -0.4 is 20.1 Å². The lowest BCUT2D eigenvalue weighted by molar-refractivity contribution is 0.102. The number of hydrogen-bond donors (Lipinski definition) is 2. The van der Waals surface area contributed by atoms with E-state index in [1.807, 2.05) is 48.5 Å². The van der Waals surface area contributed by atoms with Gasteiger partial charge in [0.1, 0.15) is 0 Å². The van der Waals surface area contributed by atoms with Gasteiger partial charge >= 0.3 is 0 Å². The van der Waals surface area contributed by atoms with E-state index in [2.05, 4.69) is 15.6 Å².